The number of likely N-dealkylation sites (tertiary alicyclic amines) is 1. The smallest absolute Gasteiger partial charge is 0.407 e. The van der Waals surface area contributed by atoms with Crippen molar-refractivity contribution in [2.24, 2.45) is 11.8 Å². The number of ether oxygens (including phenoxy) is 1. The van der Waals surface area contributed by atoms with E-state index in [9.17, 15) is 19.5 Å². The number of fused-ring (bicyclic) bond motifs is 3. The number of hydrogen-bond acceptors (Lipinski definition) is 4. The number of nitrogens with one attached hydrogen (secondary N) is 1. The predicted molar refractivity (Wildman–Crippen MR) is 124 cm³/mol. The largest absolute Gasteiger partial charge is 0.480 e. The third kappa shape index (κ3) is 4.32. The maximum Gasteiger partial charge on any atom is 0.407 e. The molecule has 1 heterocycles. The average molecular weight is 451 g/mol. The van der Waals surface area contributed by atoms with Gasteiger partial charge in [0.05, 0.1) is 0 Å². The molecule has 7 nitrogen and oxygen atoms in total. The summed E-state index contributed by atoms with van der Waals surface area (Å²) in [6, 6.07) is 14.4. The van der Waals surface area contributed by atoms with Gasteiger partial charge in [0.2, 0.25) is 5.91 Å². The highest BCUT2D eigenvalue weighted by molar-refractivity contribution is 5.90. The van der Waals surface area contributed by atoms with Crippen molar-refractivity contribution in [1.29, 1.82) is 0 Å². The van der Waals surface area contributed by atoms with Crippen LogP contribution in [0.1, 0.15) is 44.2 Å². The lowest BCUT2D eigenvalue weighted by atomic mass is 9.98. The number of amides is 2. The van der Waals surface area contributed by atoms with E-state index in [0.717, 1.165) is 22.3 Å². The van der Waals surface area contributed by atoms with Gasteiger partial charge in [0.15, 0.2) is 0 Å². The molecule has 2 amide bonds. The molecule has 174 valence electrons. The van der Waals surface area contributed by atoms with Crippen LogP contribution in [0.5, 0.6) is 0 Å². The van der Waals surface area contributed by atoms with Crippen molar-refractivity contribution in [2.75, 3.05) is 13.2 Å². The minimum atomic E-state index is -1.02. The summed E-state index contributed by atoms with van der Waals surface area (Å²) < 4.78 is 5.59. The minimum Gasteiger partial charge on any atom is -0.480 e. The normalized spacial score (nSPS) is 20.3. The molecule has 2 aliphatic rings. The van der Waals surface area contributed by atoms with Gasteiger partial charge in [-0.1, -0.05) is 69.3 Å². The number of hydrogen-bond donors (Lipinski definition) is 2. The summed E-state index contributed by atoms with van der Waals surface area (Å²) in [5.74, 6) is -1.82. The molecule has 0 radical (unpaired) electrons. The number of carboxylic acid groups (broad SMARTS) is 1. The second-order valence-corrected chi connectivity index (χ2v) is 9.27. The molecule has 1 saturated heterocycles. The lowest BCUT2D eigenvalue weighted by molar-refractivity contribution is -0.150. The summed E-state index contributed by atoms with van der Waals surface area (Å²) in [6.07, 6.45) is -0.0543. The van der Waals surface area contributed by atoms with Gasteiger partial charge in [-0.05, 0) is 40.5 Å². The van der Waals surface area contributed by atoms with E-state index in [0.29, 0.717) is 13.0 Å². The molecule has 1 fully saturated rings. The zero-order chi connectivity index (χ0) is 23.7. The van der Waals surface area contributed by atoms with E-state index < -0.39 is 24.1 Å². The van der Waals surface area contributed by atoms with Crippen molar-refractivity contribution in [3.8, 4) is 11.1 Å². The second-order valence-electron chi connectivity index (χ2n) is 9.27. The zero-order valence-electron chi connectivity index (χ0n) is 19.2. The van der Waals surface area contributed by atoms with Crippen molar-refractivity contribution >= 4 is 18.0 Å². The van der Waals surface area contributed by atoms with Crippen LogP contribution in [0.4, 0.5) is 4.79 Å². The summed E-state index contributed by atoms with van der Waals surface area (Å²) >= 11 is 0. The Labute approximate surface area is 193 Å². The molecule has 0 bridgehead atoms. The number of nitrogens with zero attached hydrogens (tertiary/aromatic N) is 1. The molecule has 4 rings (SSSR count). The Morgan fingerprint density at radius 1 is 1.06 bits per heavy atom. The Balaban J connectivity index is 1.44. The van der Waals surface area contributed by atoms with Crippen LogP contribution in [0.2, 0.25) is 0 Å². The van der Waals surface area contributed by atoms with Crippen LogP contribution in [0.3, 0.4) is 0 Å². The summed E-state index contributed by atoms with van der Waals surface area (Å²) in [4.78, 5) is 38.9. The maximum absolute atomic E-state index is 13.2. The number of carbonyl (C=O) groups is 3. The third-order valence-corrected chi connectivity index (χ3v) is 6.79. The molecule has 2 aromatic carbocycles. The Morgan fingerprint density at radius 2 is 1.64 bits per heavy atom. The lowest BCUT2D eigenvalue weighted by Gasteiger charge is -2.30. The predicted octanol–water partition coefficient (Wildman–Crippen LogP) is 3.87. The van der Waals surface area contributed by atoms with E-state index in [1.54, 1.807) is 0 Å². The van der Waals surface area contributed by atoms with Crippen molar-refractivity contribution in [3.05, 3.63) is 59.7 Å². The first-order valence-electron chi connectivity index (χ1n) is 11.4. The van der Waals surface area contributed by atoms with Crippen molar-refractivity contribution < 1.29 is 24.2 Å². The maximum atomic E-state index is 13.2. The molecule has 3 unspecified atom stereocenters. The molecule has 2 N–H and O–H groups in total. The van der Waals surface area contributed by atoms with Gasteiger partial charge >= 0.3 is 12.1 Å². The Kier molecular flexibility index (Phi) is 6.40. The zero-order valence-corrected chi connectivity index (χ0v) is 19.2. The summed E-state index contributed by atoms with van der Waals surface area (Å²) in [5.41, 5.74) is 4.50. The number of carbonyl (C=O) groups excluding carboxylic acids is 2. The van der Waals surface area contributed by atoms with Gasteiger partial charge < -0.3 is 20.1 Å². The first-order chi connectivity index (χ1) is 15.8. The minimum absolute atomic E-state index is 0.0767. The van der Waals surface area contributed by atoms with E-state index in [1.165, 1.54) is 4.90 Å². The molecule has 0 aromatic heterocycles. The Morgan fingerprint density at radius 3 is 2.18 bits per heavy atom. The van der Waals surface area contributed by atoms with Crippen LogP contribution in [-0.2, 0) is 14.3 Å². The van der Waals surface area contributed by atoms with Gasteiger partial charge in [0.1, 0.15) is 18.7 Å². The third-order valence-electron chi connectivity index (χ3n) is 6.79. The highest BCUT2D eigenvalue weighted by Gasteiger charge is 2.42. The molecular weight excluding hydrogens is 420 g/mol. The van der Waals surface area contributed by atoms with Gasteiger partial charge in [-0.2, -0.15) is 0 Å². The molecule has 1 aliphatic heterocycles. The molecule has 2 aromatic rings. The second kappa shape index (κ2) is 9.25. The number of rotatable bonds is 6. The van der Waals surface area contributed by atoms with Gasteiger partial charge in [-0.3, -0.25) is 4.79 Å². The van der Waals surface area contributed by atoms with Crippen LogP contribution >= 0.6 is 0 Å². The van der Waals surface area contributed by atoms with E-state index in [2.05, 4.69) is 17.4 Å². The van der Waals surface area contributed by atoms with Gasteiger partial charge in [0, 0.05) is 12.5 Å². The van der Waals surface area contributed by atoms with Gasteiger partial charge in [-0.15, -0.1) is 0 Å². The van der Waals surface area contributed by atoms with Gasteiger partial charge in [-0.25, -0.2) is 9.59 Å². The molecule has 7 heteroatoms. The molecule has 3 atom stereocenters. The first kappa shape index (κ1) is 22.8. The van der Waals surface area contributed by atoms with Gasteiger partial charge in [0.25, 0.3) is 0 Å². The summed E-state index contributed by atoms with van der Waals surface area (Å²) in [6.45, 7) is 5.99. The molecule has 1 aliphatic carbocycles. The van der Waals surface area contributed by atoms with E-state index >= 15 is 0 Å². The number of aliphatic carboxylic acids is 1. The molecule has 33 heavy (non-hydrogen) atoms. The molecular formula is C26H30N2O5. The summed E-state index contributed by atoms with van der Waals surface area (Å²) in [5, 5.41) is 12.3. The highest BCUT2D eigenvalue weighted by atomic mass is 16.5. The van der Waals surface area contributed by atoms with Crippen LogP contribution in [0.15, 0.2) is 48.5 Å². The fraction of sp³-hybridized carbons (Fsp3) is 0.423. The van der Waals surface area contributed by atoms with E-state index in [4.69, 9.17) is 4.74 Å². The van der Waals surface area contributed by atoms with E-state index in [1.807, 2.05) is 57.2 Å². The van der Waals surface area contributed by atoms with Crippen LogP contribution < -0.4 is 5.32 Å². The quantitative estimate of drug-likeness (QED) is 0.697. The van der Waals surface area contributed by atoms with Crippen LogP contribution in [-0.4, -0.2) is 53.2 Å². The highest BCUT2D eigenvalue weighted by Crippen LogP contribution is 2.44. The van der Waals surface area contributed by atoms with Crippen LogP contribution in [0.25, 0.3) is 11.1 Å². The van der Waals surface area contributed by atoms with Crippen molar-refractivity contribution in [1.82, 2.24) is 10.2 Å². The summed E-state index contributed by atoms with van der Waals surface area (Å²) in [7, 11) is 0. The fourth-order valence-electron chi connectivity index (χ4n) is 5.03. The fourth-order valence-corrected chi connectivity index (χ4v) is 5.03. The van der Waals surface area contributed by atoms with E-state index in [-0.39, 0.29) is 30.3 Å². The standard InChI is InChI=1S/C26H30N2O5/c1-15(2)22(24(29)28-13-12-16(3)23(28)25(30)31)27-26(32)33-14-21-19-10-6-4-8-17(19)18-9-5-7-11-20(18)21/h4-11,15-16,21-23H,12-14H2,1-3H3,(H,27,32)(H,30,31). The Hall–Kier alpha value is -3.35. The first-order valence-corrected chi connectivity index (χ1v) is 11.4. The molecule has 0 saturated carbocycles. The number of benzene rings is 2. The topological polar surface area (TPSA) is 95.9 Å². The lowest BCUT2D eigenvalue weighted by Crippen LogP contribution is -2.54. The SMILES string of the molecule is CC(C)C(NC(=O)OCC1c2ccccc2-c2ccccc21)C(=O)N1CCC(C)C1C(=O)O. The number of alkyl carbamates (subject to hydrolysis) is 1. The molecule has 0 spiro atoms. The average Bonchev–Trinajstić information content (AvgIpc) is 3.33. The number of carboxylic acids is 1. The van der Waals surface area contributed by atoms with Crippen molar-refractivity contribution in [3.63, 3.8) is 0 Å². The van der Waals surface area contributed by atoms with Crippen molar-refractivity contribution in [2.45, 2.75) is 45.2 Å². The monoisotopic (exact) mass is 450 g/mol. The van der Waals surface area contributed by atoms with Crippen LogP contribution in [0, 0.1) is 11.8 Å². The Bertz CT molecular complexity index is 1020.